The molecule has 9 N–H and O–H groups in total. The van der Waals surface area contributed by atoms with Crippen molar-refractivity contribution < 1.29 is 64.6 Å². The summed E-state index contributed by atoms with van der Waals surface area (Å²) in [5.41, 5.74) is 0. The van der Waals surface area contributed by atoms with Gasteiger partial charge in [0, 0.05) is 6.42 Å². The van der Waals surface area contributed by atoms with Crippen LogP contribution in [0.5, 0.6) is 0 Å². The van der Waals surface area contributed by atoms with Crippen LogP contribution in [0.3, 0.4) is 0 Å². The minimum absolute atomic E-state index is 0.195. The number of ether oxygens (including phenoxy) is 4. The number of hydrogen-bond donors (Lipinski definition) is 9. The van der Waals surface area contributed by atoms with Gasteiger partial charge in [0.05, 0.1) is 32.0 Å². The standard InChI is InChI=1S/C86H167NO13/c1-3-5-7-9-11-13-15-17-19-21-23-25-27-29-31-33-35-37-39-41-43-45-47-49-51-53-55-57-59-61-63-65-67-69-75(90)74(73-97-85-83(96)81(94)84(77(72-89)99-85)100-86-82(95)80(93)79(92)76(71-88)98-86)87-78(91)70-68-66-64-62-60-58-56-54-52-50-48-46-44-42-40-38-36-34-32-30-28-26-24-22-20-18-16-14-12-10-8-6-4-2/h22,24,74-77,79-86,88-90,92-96H,3-21,23,25-73H2,1-2H3,(H,87,91)/b24-22-. The van der Waals surface area contributed by atoms with Crippen LogP contribution in [0, 0.1) is 0 Å². The van der Waals surface area contributed by atoms with Crippen molar-refractivity contribution in [3.63, 3.8) is 0 Å². The van der Waals surface area contributed by atoms with Crippen molar-refractivity contribution in [2.75, 3.05) is 19.8 Å². The minimum Gasteiger partial charge on any atom is -0.394 e. The van der Waals surface area contributed by atoms with E-state index in [0.29, 0.717) is 12.8 Å². The molecule has 1 amide bonds. The lowest BCUT2D eigenvalue weighted by molar-refractivity contribution is -0.359. The number of carbonyl (C=O) groups excluding carboxylic acids is 1. The van der Waals surface area contributed by atoms with Gasteiger partial charge in [0.1, 0.15) is 48.8 Å². The summed E-state index contributed by atoms with van der Waals surface area (Å²) >= 11 is 0. The third kappa shape index (κ3) is 52.7. The van der Waals surface area contributed by atoms with E-state index in [1.165, 1.54) is 360 Å². The lowest BCUT2D eigenvalue weighted by Crippen LogP contribution is -2.65. The fraction of sp³-hybridized carbons (Fsp3) is 0.965. The Balaban J connectivity index is 1.56. The maximum Gasteiger partial charge on any atom is 0.220 e. The van der Waals surface area contributed by atoms with Gasteiger partial charge in [-0.3, -0.25) is 4.79 Å². The second-order valence-electron chi connectivity index (χ2n) is 31.4. The molecule has 12 atom stereocenters. The first-order chi connectivity index (χ1) is 49.1. The lowest BCUT2D eigenvalue weighted by atomic mass is 9.97. The molecule has 2 heterocycles. The number of carbonyl (C=O) groups is 1. The number of nitrogens with one attached hydrogen (secondary N) is 1. The van der Waals surface area contributed by atoms with Gasteiger partial charge in [0.25, 0.3) is 0 Å². The third-order valence-electron chi connectivity index (χ3n) is 22.0. The Labute approximate surface area is 616 Å². The number of rotatable bonds is 76. The molecule has 0 bridgehead atoms. The molecular formula is C86H167NO13. The van der Waals surface area contributed by atoms with Crippen LogP contribution in [0.4, 0.5) is 0 Å². The highest BCUT2D eigenvalue weighted by Gasteiger charge is 2.51. The molecule has 2 aliphatic heterocycles. The van der Waals surface area contributed by atoms with Gasteiger partial charge in [0.15, 0.2) is 12.6 Å². The van der Waals surface area contributed by atoms with E-state index in [2.05, 4.69) is 31.3 Å². The highest BCUT2D eigenvalue weighted by molar-refractivity contribution is 5.76. The van der Waals surface area contributed by atoms with Gasteiger partial charge in [0.2, 0.25) is 5.91 Å². The number of allylic oxidation sites excluding steroid dienone is 2. The molecule has 14 heteroatoms. The molecule has 0 spiro atoms. The molecule has 14 nitrogen and oxygen atoms in total. The summed E-state index contributed by atoms with van der Waals surface area (Å²) in [6.45, 7) is 2.95. The third-order valence-corrected chi connectivity index (χ3v) is 22.0. The summed E-state index contributed by atoms with van der Waals surface area (Å²) < 4.78 is 23.0. The molecule has 2 aliphatic rings. The highest BCUT2D eigenvalue weighted by Crippen LogP contribution is 2.31. The predicted octanol–water partition coefficient (Wildman–Crippen LogP) is 20.8. The van der Waals surface area contributed by atoms with Crippen LogP contribution in [-0.4, -0.2) is 140 Å². The van der Waals surface area contributed by atoms with Crippen molar-refractivity contribution in [1.82, 2.24) is 5.32 Å². The Morgan fingerprint density at radius 1 is 0.350 bits per heavy atom. The number of hydrogen-bond acceptors (Lipinski definition) is 13. The van der Waals surface area contributed by atoms with E-state index in [4.69, 9.17) is 18.9 Å². The second kappa shape index (κ2) is 70.7. The van der Waals surface area contributed by atoms with E-state index >= 15 is 0 Å². The van der Waals surface area contributed by atoms with Crippen molar-refractivity contribution in [2.24, 2.45) is 0 Å². The smallest absolute Gasteiger partial charge is 0.220 e. The van der Waals surface area contributed by atoms with Crippen molar-refractivity contribution in [1.29, 1.82) is 0 Å². The fourth-order valence-electron chi connectivity index (χ4n) is 15.1. The Morgan fingerprint density at radius 2 is 0.630 bits per heavy atom. The fourth-order valence-corrected chi connectivity index (χ4v) is 15.1. The van der Waals surface area contributed by atoms with Crippen LogP contribution in [0.1, 0.15) is 438 Å². The summed E-state index contributed by atoms with van der Waals surface area (Å²) in [4.78, 5) is 13.4. The maximum absolute atomic E-state index is 13.4. The molecule has 2 fully saturated rings. The quantitative estimate of drug-likeness (QED) is 0.0204. The lowest BCUT2D eigenvalue weighted by Gasteiger charge is -2.46. The molecule has 0 radical (unpaired) electrons. The van der Waals surface area contributed by atoms with Gasteiger partial charge < -0.3 is 65.1 Å². The van der Waals surface area contributed by atoms with Crippen molar-refractivity contribution in [3.8, 4) is 0 Å². The van der Waals surface area contributed by atoms with E-state index < -0.39 is 86.8 Å². The van der Waals surface area contributed by atoms with Crippen molar-refractivity contribution >= 4 is 5.91 Å². The van der Waals surface area contributed by atoms with E-state index in [-0.39, 0.29) is 12.5 Å². The zero-order valence-electron chi connectivity index (χ0n) is 65.5. The van der Waals surface area contributed by atoms with Crippen LogP contribution >= 0.6 is 0 Å². The zero-order chi connectivity index (χ0) is 72.2. The van der Waals surface area contributed by atoms with Crippen LogP contribution in [-0.2, 0) is 23.7 Å². The molecule has 0 aromatic rings. The van der Waals surface area contributed by atoms with Crippen LogP contribution in [0.15, 0.2) is 12.2 Å². The van der Waals surface area contributed by atoms with Gasteiger partial charge >= 0.3 is 0 Å². The maximum atomic E-state index is 13.4. The van der Waals surface area contributed by atoms with Gasteiger partial charge in [-0.2, -0.15) is 0 Å². The highest BCUT2D eigenvalue weighted by atomic mass is 16.7. The number of amides is 1. The predicted molar refractivity (Wildman–Crippen MR) is 416 cm³/mol. The van der Waals surface area contributed by atoms with Gasteiger partial charge in [-0.25, -0.2) is 0 Å². The van der Waals surface area contributed by atoms with E-state index in [1.54, 1.807) is 0 Å². The molecule has 2 saturated heterocycles. The normalized spacial score (nSPS) is 21.8. The van der Waals surface area contributed by atoms with E-state index in [1.807, 2.05) is 0 Å². The SMILES string of the molecule is CCCCCCCCCC/C=C\CCCCCCCCCCCCCCCCCCCCCCCC(=O)NC(COC1OC(CO)C(OC2OC(CO)C(O)C(O)C2O)C(O)C1O)C(O)CCCCCCCCCCCCCCCCCCCCCCCCCCCCCCCCCCC. The van der Waals surface area contributed by atoms with Gasteiger partial charge in [-0.15, -0.1) is 0 Å². The topological polar surface area (TPSA) is 228 Å². The molecule has 0 saturated carbocycles. The molecular weight excluding hydrogens is 1250 g/mol. The largest absolute Gasteiger partial charge is 0.394 e. The summed E-state index contributed by atoms with van der Waals surface area (Å²) in [5, 5.41) is 88.0. The number of aliphatic hydroxyl groups is 8. The van der Waals surface area contributed by atoms with E-state index in [0.717, 1.165) is 51.4 Å². The first kappa shape index (κ1) is 94.8. The Bertz CT molecular complexity index is 1730. The zero-order valence-corrected chi connectivity index (χ0v) is 65.5. The van der Waals surface area contributed by atoms with Crippen LogP contribution in [0.25, 0.3) is 0 Å². The molecule has 100 heavy (non-hydrogen) atoms. The average molecular weight is 1420 g/mol. The molecule has 2 rings (SSSR count). The molecule has 0 aromatic carbocycles. The first-order valence-corrected chi connectivity index (χ1v) is 43.9. The van der Waals surface area contributed by atoms with Crippen LogP contribution < -0.4 is 5.32 Å². The first-order valence-electron chi connectivity index (χ1n) is 43.9. The molecule has 594 valence electrons. The summed E-state index contributed by atoms with van der Waals surface area (Å²) in [7, 11) is 0. The number of unbranched alkanes of at least 4 members (excludes halogenated alkanes) is 61. The Kier molecular flexibility index (Phi) is 67.0. The summed E-state index contributed by atoms with van der Waals surface area (Å²) in [5.74, 6) is -0.195. The monoisotopic (exact) mass is 1420 g/mol. The minimum atomic E-state index is -1.78. The van der Waals surface area contributed by atoms with Crippen LogP contribution in [0.2, 0.25) is 0 Å². The molecule has 0 aliphatic carbocycles. The number of aliphatic hydroxyl groups excluding tert-OH is 8. The summed E-state index contributed by atoms with van der Waals surface area (Å²) in [6, 6.07) is -0.828. The van der Waals surface area contributed by atoms with Crippen molar-refractivity contribution in [3.05, 3.63) is 12.2 Å². The second-order valence-corrected chi connectivity index (χ2v) is 31.4. The van der Waals surface area contributed by atoms with Crippen molar-refractivity contribution in [2.45, 2.75) is 511 Å². The van der Waals surface area contributed by atoms with Gasteiger partial charge in [-0.1, -0.05) is 405 Å². The van der Waals surface area contributed by atoms with E-state index in [9.17, 15) is 45.6 Å². The average Bonchev–Trinajstić information content (AvgIpc) is 0.791. The van der Waals surface area contributed by atoms with Gasteiger partial charge in [-0.05, 0) is 38.5 Å². The Morgan fingerprint density at radius 3 is 0.950 bits per heavy atom. The Hall–Kier alpha value is -1.27. The summed E-state index contributed by atoms with van der Waals surface area (Å²) in [6.07, 6.45) is 74.3. The molecule has 0 aromatic heterocycles. The molecule has 12 unspecified atom stereocenters.